The summed E-state index contributed by atoms with van der Waals surface area (Å²) in [6.45, 7) is 2.92. The predicted molar refractivity (Wildman–Crippen MR) is 92.7 cm³/mol. The number of halogens is 1. The summed E-state index contributed by atoms with van der Waals surface area (Å²) in [7, 11) is 0. The average Bonchev–Trinajstić information content (AvgIpc) is 3.05. The summed E-state index contributed by atoms with van der Waals surface area (Å²) >= 11 is 1.51. The quantitative estimate of drug-likeness (QED) is 0.709. The Hall–Kier alpha value is -2.67. The molecule has 0 aliphatic carbocycles. The van der Waals surface area contributed by atoms with Gasteiger partial charge in [-0.15, -0.1) is 11.3 Å². The molecule has 0 saturated carbocycles. The Kier molecular flexibility index (Phi) is 4.01. The molecular formula is C18H15FN4OS. The van der Waals surface area contributed by atoms with Gasteiger partial charge < -0.3 is 4.90 Å². The van der Waals surface area contributed by atoms with Crippen molar-refractivity contribution in [1.29, 1.82) is 0 Å². The molecule has 0 unspecified atom stereocenters. The third-order valence-corrected chi connectivity index (χ3v) is 5.22. The van der Waals surface area contributed by atoms with E-state index in [0.717, 1.165) is 26.8 Å². The molecule has 4 rings (SSSR count). The van der Waals surface area contributed by atoms with Crippen LogP contribution in [0.15, 0.2) is 36.7 Å². The van der Waals surface area contributed by atoms with Crippen molar-refractivity contribution < 1.29 is 9.18 Å². The molecule has 0 bridgehead atoms. The van der Waals surface area contributed by atoms with Gasteiger partial charge >= 0.3 is 0 Å². The lowest BCUT2D eigenvalue weighted by Crippen LogP contribution is -2.36. The van der Waals surface area contributed by atoms with Gasteiger partial charge in [0.25, 0.3) is 5.91 Å². The van der Waals surface area contributed by atoms with Crippen LogP contribution < -0.4 is 0 Å². The smallest absolute Gasteiger partial charge is 0.274 e. The van der Waals surface area contributed by atoms with Crippen LogP contribution in [-0.4, -0.2) is 32.3 Å². The largest absolute Gasteiger partial charge is 0.332 e. The molecule has 126 valence electrons. The Morgan fingerprint density at radius 3 is 2.92 bits per heavy atom. The van der Waals surface area contributed by atoms with Crippen LogP contribution in [0.3, 0.4) is 0 Å². The third kappa shape index (κ3) is 3.15. The van der Waals surface area contributed by atoms with Gasteiger partial charge in [0, 0.05) is 29.6 Å². The van der Waals surface area contributed by atoms with Crippen molar-refractivity contribution in [3.63, 3.8) is 0 Å². The first kappa shape index (κ1) is 15.8. The molecule has 0 N–H and O–H groups in total. The number of amides is 1. The van der Waals surface area contributed by atoms with Crippen LogP contribution >= 0.6 is 11.3 Å². The molecule has 3 heterocycles. The summed E-state index contributed by atoms with van der Waals surface area (Å²) in [5.41, 5.74) is 2.88. The summed E-state index contributed by atoms with van der Waals surface area (Å²) in [6.07, 6.45) is 3.79. The number of aromatic nitrogens is 3. The molecule has 1 aliphatic rings. The highest BCUT2D eigenvalue weighted by Gasteiger charge is 2.26. The van der Waals surface area contributed by atoms with Crippen molar-refractivity contribution in [2.45, 2.75) is 19.9 Å². The molecule has 1 amide bonds. The Labute approximate surface area is 148 Å². The summed E-state index contributed by atoms with van der Waals surface area (Å²) in [5, 5.41) is 0.786. The lowest BCUT2D eigenvalue weighted by Gasteiger charge is -2.25. The van der Waals surface area contributed by atoms with Crippen molar-refractivity contribution >= 4 is 17.2 Å². The molecule has 0 saturated heterocycles. The molecule has 1 aromatic carbocycles. The SMILES string of the molecule is Cc1cnc(C(=O)N2CCc3nc(-c4cccc(F)c4)sc3C2)cn1. The van der Waals surface area contributed by atoms with Gasteiger partial charge in [0.15, 0.2) is 0 Å². The molecule has 0 atom stereocenters. The van der Waals surface area contributed by atoms with E-state index in [-0.39, 0.29) is 11.7 Å². The number of nitrogens with zero attached hydrogens (tertiary/aromatic N) is 4. The monoisotopic (exact) mass is 354 g/mol. The zero-order valence-corrected chi connectivity index (χ0v) is 14.4. The van der Waals surface area contributed by atoms with Crippen molar-refractivity contribution in [1.82, 2.24) is 19.9 Å². The van der Waals surface area contributed by atoms with Gasteiger partial charge in [0.1, 0.15) is 16.5 Å². The van der Waals surface area contributed by atoms with Crippen LogP contribution in [-0.2, 0) is 13.0 Å². The van der Waals surface area contributed by atoms with Gasteiger partial charge in [0.05, 0.1) is 24.1 Å². The Morgan fingerprint density at radius 1 is 1.28 bits per heavy atom. The van der Waals surface area contributed by atoms with E-state index >= 15 is 0 Å². The second-order valence-corrected chi connectivity index (χ2v) is 7.00. The summed E-state index contributed by atoms with van der Waals surface area (Å²) in [5.74, 6) is -0.403. The van der Waals surface area contributed by atoms with E-state index in [0.29, 0.717) is 25.2 Å². The van der Waals surface area contributed by atoms with Crippen LogP contribution in [0, 0.1) is 12.7 Å². The zero-order valence-electron chi connectivity index (χ0n) is 13.6. The van der Waals surface area contributed by atoms with E-state index in [2.05, 4.69) is 15.0 Å². The molecule has 0 spiro atoms. The molecule has 0 fully saturated rings. The maximum atomic E-state index is 13.4. The maximum absolute atomic E-state index is 13.4. The van der Waals surface area contributed by atoms with E-state index in [1.165, 1.54) is 29.7 Å². The molecule has 7 heteroatoms. The molecular weight excluding hydrogens is 339 g/mol. The number of hydrogen-bond donors (Lipinski definition) is 0. The normalized spacial score (nSPS) is 13.6. The summed E-state index contributed by atoms with van der Waals surface area (Å²) in [6, 6.07) is 6.42. The molecule has 5 nitrogen and oxygen atoms in total. The van der Waals surface area contributed by atoms with Crippen molar-refractivity contribution in [3.05, 3.63) is 64.4 Å². The summed E-state index contributed by atoms with van der Waals surface area (Å²) in [4.78, 5) is 28.3. The fourth-order valence-electron chi connectivity index (χ4n) is 2.78. The fourth-order valence-corrected chi connectivity index (χ4v) is 3.90. The van der Waals surface area contributed by atoms with Gasteiger partial charge in [-0.2, -0.15) is 0 Å². The van der Waals surface area contributed by atoms with Crippen LogP contribution in [0.4, 0.5) is 4.39 Å². The lowest BCUT2D eigenvalue weighted by molar-refractivity contribution is 0.0729. The number of benzene rings is 1. The fraction of sp³-hybridized carbons (Fsp3) is 0.222. The maximum Gasteiger partial charge on any atom is 0.274 e. The molecule has 0 radical (unpaired) electrons. The minimum Gasteiger partial charge on any atom is -0.332 e. The van der Waals surface area contributed by atoms with Crippen LogP contribution in [0.1, 0.15) is 26.8 Å². The highest BCUT2D eigenvalue weighted by atomic mass is 32.1. The van der Waals surface area contributed by atoms with Crippen LogP contribution in [0.2, 0.25) is 0 Å². The molecule has 2 aromatic heterocycles. The number of rotatable bonds is 2. The van der Waals surface area contributed by atoms with E-state index < -0.39 is 0 Å². The highest BCUT2D eigenvalue weighted by molar-refractivity contribution is 7.15. The minimum atomic E-state index is -0.277. The van der Waals surface area contributed by atoms with Crippen molar-refractivity contribution in [3.8, 4) is 10.6 Å². The predicted octanol–water partition coefficient (Wildman–Crippen LogP) is 3.25. The minimum absolute atomic E-state index is 0.126. The highest BCUT2D eigenvalue weighted by Crippen LogP contribution is 2.32. The van der Waals surface area contributed by atoms with Gasteiger partial charge in [-0.05, 0) is 19.1 Å². The van der Waals surface area contributed by atoms with Gasteiger partial charge in [-0.1, -0.05) is 12.1 Å². The van der Waals surface area contributed by atoms with Gasteiger partial charge in [-0.3, -0.25) is 9.78 Å². The Bertz CT molecular complexity index is 939. The average molecular weight is 354 g/mol. The molecule has 3 aromatic rings. The van der Waals surface area contributed by atoms with Crippen LogP contribution in [0.25, 0.3) is 10.6 Å². The number of carbonyl (C=O) groups is 1. The summed E-state index contributed by atoms with van der Waals surface area (Å²) < 4.78 is 13.4. The third-order valence-electron chi connectivity index (χ3n) is 4.09. The number of carbonyl (C=O) groups excluding carboxylic acids is 1. The van der Waals surface area contributed by atoms with Crippen LogP contribution in [0.5, 0.6) is 0 Å². The first-order valence-corrected chi connectivity index (χ1v) is 8.74. The Balaban J connectivity index is 1.57. The first-order chi connectivity index (χ1) is 12.1. The number of fused-ring (bicyclic) bond motifs is 1. The molecule has 25 heavy (non-hydrogen) atoms. The van der Waals surface area contributed by atoms with Crippen molar-refractivity contribution in [2.24, 2.45) is 0 Å². The van der Waals surface area contributed by atoms with E-state index in [1.807, 2.05) is 13.0 Å². The second-order valence-electron chi connectivity index (χ2n) is 5.92. The Morgan fingerprint density at radius 2 is 2.16 bits per heavy atom. The molecule has 1 aliphatic heterocycles. The van der Waals surface area contributed by atoms with Crippen molar-refractivity contribution in [2.75, 3.05) is 6.54 Å². The van der Waals surface area contributed by atoms with E-state index in [4.69, 9.17) is 0 Å². The number of hydrogen-bond acceptors (Lipinski definition) is 5. The van der Waals surface area contributed by atoms with Gasteiger partial charge in [0.2, 0.25) is 0 Å². The van der Waals surface area contributed by atoms with E-state index in [1.54, 1.807) is 17.2 Å². The number of thiazole rings is 1. The zero-order chi connectivity index (χ0) is 17.4. The van der Waals surface area contributed by atoms with Gasteiger partial charge in [-0.25, -0.2) is 14.4 Å². The second kappa shape index (κ2) is 6.33. The first-order valence-electron chi connectivity index (χ1n) is 7.92. The number of aryl methyl sites for hydroxylation is 1. The standard InChI is InChI=1S/C18H15FN4OS/c1-11-8-21-15(9-20-11)18(24)23-6-5-14-16(10-23)25-17(22-14)12-3-2-4-13(19)7-12/h2-4,7-9H,5-6,10H2,1H3. The van der Waals surface area contributed by atoms with E-state index in [9.17, 15) is 9.18 Å². The lowest BCUT2D eigenvalue weighted by atomic mass is 10.1. The topological polar surface area (TPSA) is 59.0 Å².